The lowest BCUT2D eigenvalue weighted by Crippen LogP contribution is -2.46. The molecule has 0 radical (unpaired) electrons. The molecule has 0 heterocycles. The molecule has 0 aromatic carbocycles. The summed E-state index contributed by atoms with van der Waals surface area (Å²) in [7, 11) is 0. The van der Waals surface area contributed by atoms with Gasteiger partial charge in [-0.15, -0.1) is 0 Å². The maximum Gasteiger partial charge on any atom is 0.151 e. The van der Waals surface area contributed by atoms with Crippen molar-refractivity contribution in [2.45, 2.75) is 50.6 Å². The number of unbranched alkanes of at least 4 members (excludes halogenated alkanes) is 2. The average molecular weight is 267 g/mol. The van der Waals surface area contributed by atoms with Gasteiger partial charge in [0.2, 0.25) is 0 Å². The van der Waals surface area contributed by atoms with Crippen molar-refractivity contribution < 1.29 is 30.3 Å². The molecule has 7 heteroatoms. The Morgan fingerprint density at radius 1 is 1.11 bits per heavy atom. The van der Waals surface area contributed by atoms with Gasteiger partial charge < -0.3 is 36.1 Å². The predicted octanol–water partition coefficient (Wildman–Crippen LogP) is -2.24. The fourth-order valence-corrected chi connectivity index (χ4v) is 1.01. The molecule has 0 aromatic heterocycles. The molecule has 0 aliphatic heterocycles. The van der Waals surface area contributed by atoms with Gasteiger partial charge in [0.25, 0.3) is 0 Å². The van der Waals surface area contributed by atoms with Gasteiger partial charge in [-0.3, -0.25) is 0 Å². The molecule has 0 saturated heterocycles. The molecule has 0 aromatic rings. The fraction of sp³-hybridized carbons (Fsp3) is 0.909. The van der Waals surface area contributed by atoms with Gasteiger partial charge in [-0.2, -0.15) is 0 Å². The van der Waals surface area contributed by atoms with Crippen LogP contribution < -0.4 is 5.73 Å². The maximum absolute atomic E-state index is 9.90. The summed E-state index contributed by atoms with van der Waals surface area (Å²) in [5.41, 5.74) is 5.21. The molecular weight excluding hydrogens is 242 g/mol. The maximum atomic E-state index is 9.90. The van der Waals surface area contributed by atoms with Crippen molar-refractivity contribution >= 4 is 6.29 Å². The van der Waals surface area contributed by atoms with Crippen molar-refractivity contribution in [2.24, 2.45) is 5.73 Å². The van der Waals surface area contributed by atoms with Crippen LogP contribution in [0, 0.1) is 0 Å². The van der Waals surface area contributed by atoms with Crippen molar-refractivity contribution in [2.75, 3.05) is 13.2 Å². The lowest BCUT2D eigenvalue weighted by molar-refractivity contribution is -0.136. The third-order valence-corrected chi connectivity index (χ3v) is 2.23. The van der Waals surface area contributed by atoms with Crippen LogP contribution in [0.15, 0.2) is 0 Å². The summed E-state index contributed by atoms with van der Waals surface area (Å²) >= 11 is 0. The minimum atomic E-state index is -1.79. The quantitative estimate of drug-likeness (QED) is 0.215. The Labute approximate surface area is 107 Å². The number of aldehydes is 1. The molecule has 0 rings (SSSR count). The summed E-state index contributed by atoms with van der Waals surface area (Å²) < 4.78 is 0. The van der Waals surface area contributed by atoms with E-state index < -0.39 is 31.0 Å². The summed E-state index contributed by atoms with van der Waals surface area (Å²) in [4.78, 5) is 9.90. The Morgan fingerprint density at radius 2 is 1.67 bits per heavy atom. The van der Waals surface area contributed by atoms with Crippen LogP contribution in [-0.2, 0) is 4.79 Å². The van der Waals surface area contributed by atoms with E-state index >= 15 is 0 Å². The van der Waals surface area contributed by atoms with Gasteiger partial charge in [-0.1, -0.05) is 19.8 Å². The molecule has 0 fully saturated rings. The van der Waals surface area contributed by atoms with E-state index in [1.165, 1.54) is 19.3 Å². The standard InChI is InChI=1S/C6H12O6.C5H13N/c7-1-3(9)5(11)6(12)4(10)2-8;1-2-3-4-5-6/h1,3-6,8-12H,2H2;2-6H2,1H3. The number of hydrogen-bond donors (Lipinski definition) is 6. The zero-order valence-corrected chi connectivity index (χ0v) is 10.6. The number of hydrogen-bond acceptors (Lipinski definition) is 7. The second-order valence-corrected chi connectivity index (χ2v) is 3.85. The van der Waals surface area contributed by atoms with Crippen LogP contribution in [-0.4, -0.2) is 69.4 Å². The van der Waals surface area contributed by atoms with Gasteiger partial charge in [0.15, 0.2) is 6.29 Å². The van der Waals surface area contributed by atoms with Gasteiger partial charge in [-0.05, 0) is 13.0 Å². The molecule has 0 saturated carbocycles. The first-order chi connectivity index (χ1) is 8.45. The molecule has 0 amide bonds. The van der Waals surface area contributed by atoms with E-state index in [1.54, 1.807) is 0 Å². The zero-order valence-electron chi connectivity index (χ0n) is 10.6. The summed E-state index contributed by atoms with van der Waals surface area (Å²) in [5.74, 6) is 0. The first kappa shape index (κ1) is 19.8. The van der Waals surface area contributed by atoms with Gasteiger partial charge >= 0.3 is 0 Å². The zero-order chi connectivity index (χ0) is 14.6. The smallest absolute Gasteiger partial charge is 0.151 e. The second-order valence-electron chi connectivity index (χ2n) is 3.85. The highest BCUT2D eigenvalue weighted by molar-refractivity contribution is 5.56. The Morgan fingerprint density at radius 3 is 1.94 bits per heavy atom. The van der Waals surface area contributed by atoms with Gasteiger partial charge in [0.1, 0.15) is 24.4 Å². The van der Waals surface area contributed by atoms with E-state index in [-0.39, 0.29) is 6.29 Å². The number of nitrogens with two attached hydrogens (primary N) is 1. The molecule has 0 bridgehead atoms. The summed E-state index contributed by atoms with van der Waals surface area (Å²) in [6.07, 6.45) is -3.09. The molecule has 4 atom stereocenters. The monoisotopic (exact) mass is 267 g/mol. The number of rotatable bonds is 8. The predicted molar refractivity (Wildman–Crippen MR) is 65.8 cm³/mol. The van der Waals surface area contributed by atoms with Crippen molar-refractivity contribution in [3.05, 3.63) is 0 Å². The van der Waals surface area contributed by atoms with Crippen molar-refractivity contribution in [3.63, 3.8) is 0 Å². The molecule has 0 spiro atoms. The molecule has 7 nitrogen and oxygen atoms in total. The summed E-state index contributed by atoms with van der Waals surface area (Å²) in [6, 6.07) is 0. The molecule has 110 valence electrons. The summed E-state index contributed by atoms with van der Waals surface area (Å²) in [6.45, 7) is 2.27. The highest BCUT2D eigenvalue weighted by atomic mass is 16.4. The first-order valence-electron chi connectivity index (χ1n) is 5.94. The molecule has 0 aliphatic carbocycles. The fourth-order valence-electron chi connectivity index (χ4n) is 1.01. The third-order valence-electron chi connectivity index (χ3n) is 2.23. The number of aliphatic hydroxyl groups excluding tert-OH is 5. The number of carbonyl (C=O) groups is 1. The minimum absolute atomic E-state index is 0.0258. The number of carbonyl (C=O) groups excluding carboxylic acids is 1. The first-order valence-corrected chi connectivity index (χ1v) is 5.94. The Kier molecular flexibility index (Phi) is 14.1. The van der Waals surface area contributed by atoms with Crippen molar-refractivity contribution in [1.29, 1.82) is 0 Å². The third kappa shape index (κ3) is 9.46. The SMILES string of the molecule is CCCCCN.O=CC(O)C(O)C(O)C(O)CO. The molecule has 7 N–H and O–H groups in total. The van der Waals surface area contributed by atoms with Gasteiger partial charge in [0.05, 0.1) is 6.61 Å². The van der Waals surface area contributed by atoms with E-state index in [0.717, 1.165) is 6.54 Å². The Hall–Kier alpha value is -0.570. The van der Waals surface area contributed by atoms with Crippen molar-refractivity contribution in [1.82, 2.24) is 0 Å². The Balaban J connectivity index is 0. The van der Waals surface area contributed by atoms with E-state index in [9.17, 15) is 4.79 Å². The Bertz CT molecular complexity index is 188. The molecule has 4 unspecified atom stereocenters. The van der Waals surface area contributed by atoms with Crippen LogP contribution in [0.2, 0.25) is 0 Å². The summed E-state index contributed by atoms with van der Waals surface area (Å²) in [5, 5.41) is 43.5. The van der Waals surface area contributed by atoms with Gasteiger partial charge in [0, 0.05) is 0 Å². The van der Waals surface area contributed by atoms with Crippen LogP contribution in [0.3, 0.4) is 0 Å². The van der Waals surface area contributed by atoms with Crippen LogP contribution in [0.5, 0.6) is 0 Å². The highest BCUT2D eigenvalue weighted by Gasteiger charge is 2.29. The van der Waals surface area contributed by atoms with Crippen LogP contribution in [0.1, 0.15) is 26.2 Å². The van der Waals surface area contributed by atoms with Crippen molar-refractivity contribution in [3.8, 4) is 0 Å². The highest BCUT2D eigenvalue weighted by Crippen LogP contribution is 2.02. The lowest BCUT2D eigenvalue weighted by Gasteiger charge is -2.22. The second kappa shape index (κ2) is 12.9. The lowest BCUT2D eigenvalue weighted by atomic mass is 10.0. The topological polar surface area (TPSA) is 144 Å². The average Bonchev–Trinajstić information content (AvgIpc) is 2.42. The van der Waals surface area contributed by atoms with Crippen LogP contribution in [0.4, 0.5) is 0 Å². The minimum Gasteiger partial charge on any atom is -0.394 e. The molecular formula is C11H25NO6. The normalized spacial score (nSPS) is 17.1. The van der Waals surface area contributed by atoms with E-state index in [2.05, 4.69) is 6.92 Å². The van der Waals surface area contributed by atoms with E-state index in [0.29, 0.717) is 0 Å². The largest absolute Gasteiger partial charge is 0.394 e. The molecule has 0 aliphatic rings. The molecule has 18 heavy (non-hydrogen) atoms. The van der Waals surface area contributed by atoms with Crippen LogP contribution in [0.25, 0.3) is 0 Å². The van der Waals surface area contributed by atoms with E-state index in [1.807, 2.05) is 0 Å². The van der Waals surface area contributed by atoms with E-state index in [4.69, 9.17) is 31.3 Å². The van der Waals surface area contributed by atoms with Gasteiger partial charge in [-0.25, -0.2) is 0 Å². The number of aliphatic hydroxyl groups is 5. The van der Waals surface area contributed by atoms with Crippen LogP contribution >= 0.6 is 0 Å².